The van der Waals surface area contributed by atoms with Gasteiger partial charge in [0.15, 0.2) is 0 Å². The average molecular weight is 312 g/mol. The smallest absolute Gasteiger partial charge is 0.222 e. The minimum atomic E-state index is 0.130. The van der Waals surface area contributed by atoms with Gasteiger partial charge in [-0.05, 0) is 24.9 Å². The van der Waals surface area contributed by atoms with Crippen LogP contribution in [0.4, 0.5) is 0 Å². The molecule has 1 unspecified atom stereocenters. The zero-order valence-corrected chi connectivity index (χ0v) is 13.4. The number of nitrogens with zero attached hydrogens (tertiary/aromatic N) is 3. The topological polar surface area (TPSA) is 50.2 Å². The maximum atomic E-state index is 12.1. The van der Waals surface area contributed by atoms with Crippen molar-refractivity contribution in [2.75, 3.05) is 13.1 Å². The molecule has 5 nitrogen and oxygen atoms in total. The molecular weight excluding hydrogens is 288 g/mol. The van der Waals surface area contributed by atoms with E-state index in [9.17, 15) is 4.79 Å². The van der Waals surface area contributed by atoms with Gasteiger partial charge in [0.25, 0.3) is 0 Å². The van der Waals surface area contributed by atoms with E-state index in [1.807, 2.05) is 16.8 Å². The van der Waals surface area contributed by atoms with Gasteiger partial charge in [0, 0.05) is 44.5 Å². The number of hydrogen-bond donors (Lipinski definition) is 1. The molecule has 3 rings (SSSR count). The van der Waals surface area contributed by atoms with Crippen molar-refractivity contribution in [2.24, 2.45) is 0 Å². The molecule has 5 heteroatoms. The van der Waals surface area contributed by atoms with Crippen LogP contribution in [-0.4, -0.2) is 39.5 Å². The molecule has 1 N–H and O–H groups in total. The summed E-state index contributed by atoms with van der Waals surface area (Å²) in [6.45, 7) is 3.69. The lowest BCUT2D eigenvalue weighted by atomic mass is 10.0. The lowest BCUT2D eigenvalue weighted by Crippen LogP contribution is -2.47. The second-order valence-electron chi connectivity index (χ2n) is 6.18. The summed E-state index contributed by atoms with van der Waals surface area (Å²) in [6, 6.07) is 10.8. The Morgan fingerprint density at radius 1 is 1.30 bits per heavy atom. The molecule has 0 bridgehead atoms. The molecule has 1 aliphatic rings. The third-order valence-corrected chi connectivity index (χ3v) is 4.28. The van der Waals surface area contributed by atoms with Crippen molar-refractivity contribution in [3.8, 4) is 0 Å². The van der Waals surface area contributed by atoms with Crippen LogP contribution in [0.15, 0.2) is 49.1 Å². The summed E-state index contributed by atoms with van der Waals surface area (Å²) in [4.78, 5) is 18.5. The summed E-state index contributed by atoms with van der Waals surface area (Å²) in [5.74, 6) is 0.130. The first-order valence-electron chi connectivity index (χ1n) is 8.31. The predicted octanol–water partition coefficient (Wildman–Crippen LogP) is 2.05. The number of carbonyl (C=O) groups excluding carboxylic acids is 1. The highest BCUT2D eigenvalue weighted by molar-refractivity contribution is 5.76. The summed E-state index contributed by atoms with van der Waals surface area (Å²) in [6.07, 6.45) is 8.08. The highest BCUT2D eigenvalue weighted by Crippen LogP contribution is 2.14. The Kier molecular flexibility index (Phi) is 5.42. The van der Waals surface area contributed by atoms with Crippen molar-refractivity contribution in [3.63, 3.8) is 0 Å². The number of hydrogen-bond acceptors (Lipinski definition) is 3. The first-order chi connectivity index (χ1) is 11.3. The average Bonchev–Trinajstić information content (AvgIpc) is 3.08. The molecule has 0 radical (unpaired) electrons. The predicted molar refractivity (Wildman–Crippen MR) is 89.7 cm³/mol. The molecule has 122 valence electrons. The Morgan fingerprint density at radius 3 is 2.96 bits per heavy atom. The molecule has 1 amide bonds. The van der Waals surface area contributed by atoms with Gasteiger partial charge in [0.2, 0.25) is 5.91 Å². The van der Waals surface area contributed by atoms with Crippen molar-refractivity contribution in [1.29, 1.82) is 0 Å². The maximum absolute atomic E-state index is 12.1. The third kappa shape index (κ3) is 4.93. The normalized spacial score (nSPS) is 18.7. The largest absolute Gasteiger partial charge is 0.352 e. The van der Waals surface area contributed by atoms with E-state index < -0.39 is 0 Å². The van der Waals surface area contributed by atoms with Crippen LogP contribution in [0, 0.1) is 0 Å². The fraction of sp³-hybridized carbons (Fsp3) is 0.444. The molecule has 1 aromatic heterocycles. The number of amides is 1. The second kappa shape index (κ2) is 7.92. The van der Waals surface area contributed by atoms with Crippen molar-refractivity contribution in [1.82, 2.24) is 19.8 Å². The number of aromatic nitrogens is 2. The number of carbonyl (C=O) groups is 1. The summed E-state index contributed by atoms with van der Waals surface area (Å²) < 4.78 is 1.93. The molecule has 23 heavy (non-hydrogen) atoms. The van der Waals surface area contributed by atoms with E-state index in [4.69, 9.17) is 0 Å². The van der Waals surface area contributed by atoms with E-state index in [1.165, 1.54) is 5.56 Å². The van der Waals surface area contributed by atoms with Gasteiger partial charge in [0.05, 0.1) is 6.33 Å². The van der Waals surface area contributed by atoms with Gasteiger partial charge in [-0.25, -0.2) is 4.98 Å². The number of rotatable bonds is 6. The van der Waals surface area contributed by atoms with Crippen molar-refractivity contribution < 1.29 is 4.79 Å². The number of aryl methyl sites for hydroxylation is 1. The van der Waals surface area contributed by atoms with E-state index >= 15 is 0 Å². The van der Waals surface area contributed by atoms with E-state index in [1.54, 1.807) is 12.5 Å². The van der Waals surface area contributed by atoms with Crippen LogP contribution < -0.4 is 5.32 Å². The molecule has 1 atom stereocenters. The zero-order chi connectivity index (χ0) is 15.9. The minimum absolute atomic E-state index is 0.130. The minimum Gasteiger partial charge on any atom is -0.352 e. The molecule has 2 aromatic rings. The Labute approximate surface area is 137 Å². The standard InChI is InChI=1S/C18H24N4O/c23-18(8-11-21-12-9-19-15-21)20-17-7-4-10-22(14-17)13-16-5-2-1-3-6-16/h1-3,5-6,9,12,15,17H,4,7-8,10-11,13-14H2,(H,20,23). The molecule has 1 fully saturated rings. The van der Waals surface area contributed by atoms with Gasteiger partial charge >= 0.3 is 0 Å². The Bertz CT molecular complexity index is 597. The Balaban J connectivity index is 1.43. The lowest BCUT2D eigenvalue weighted by Gasteiger charge is -2.33. The van der Waals surface area contributed by atoms with Gasteiger partial charge in [-0.3, -0.25) is 9.69 Å². The number of nitrogens with one attached hydrogen (secondary N) is 1. The van der Waals surface area contributed by atoms with Crippen molar-refractivity contribution in [2.45, 2.75) is 38.4 Å². The van der Waals surface area contributed by atoms with Crippen LogP contribution in [0.2, 0.25) is 0 Å². The fourth-order valence-electron chi connectivity index (χ4n) is 3.11. The van der Waals surface area contributed by atoms with E-state index in [-0.39, 0.29) is 11.9 Å². The fourth-order valence-corrected chi connectivity index (χ4v) is 3.11. The third-order valence-electron chi connectivity index (χ3n) is 4.28. The second-order valence-corrected chi connectivity index (χ2v) is 6.18. The number of benzene rings is 1. The number of imidazole rings is 1. The molecular formula is C18H24N4O. The van der Waals surface area contributed by atoms with E-state index in [0.717, 1.165) is 32.5 Å². The first-order valence-corrected chi connectivity index (χ1v) is 8.31. The highest BCUT2D eigenvalue weighted by atomic mass is 16.1. The van der Waals surface area contributed by atoms with Crippen LogP contribution in [0.5, 0.6) is 0 Å². The first kappa shape index (κ1) is 15.7. The molecule has 2 heterocycles. The monoisotopic (exact) mass is 312 g/mol. The molecule has 0 saturated carbocycles. The summed E-state index contributed by atoms with van der Waals surface area (Å²) in [7, 11) is 0. The van der Waals surface area contributed by atoms with Gasteiger partial charge in [0.1, 0.15) is 0 Å². The Morgan fingerprint density at radius 2 is 2.17 bits per heavy atom. The molecule has 0 aliphatic carbocycles. The van der Waals surface area contributed by atoms with Crippen LogP contribution in [0.3, 0.4) is 0 Å². The molecule has 1 aromatic carbocycles. The highest BCUT2D eigenvalue weighted by Gasteiger charge is 2.21. The molecule has 0 spiro atoms. The van der Waals surface area contributed by atoms with E-state index in [2.05, 4.69) is 39.5 Å². The molecule has 1 saturated heterocycles. The van der Waals surface area contributed by atoms with Gasteiger partial charge in [-0.1, -0.05) is 30.3 Å². The van der Waals surface area contributed by atoms with Crippen molar-refractivity contribution in [3.05, 3.63) is 54.6 Å². The summed E-state index contributed by atoms with van der Waals surface area (Å²) in [5.41, 5.74) is 1.33. The van der Waals surface area contributed by atoms with Crippen LogP contribution >= 0.6 is 0 Å². The SMILES string of the molecule is O=C(CCn1ccnc1)NC1CCCN(Cc2ccccc2)C1. The summed E-state index contributed by atoms with van der Waals surface area (Å²) in [5, 5.41) is 3.18. The number of piperidine rings is 1. The Hall–Kier alpha value is -2.14. The lowest BCUT2D eigenvalue weighted by molar-refractivity contribution is -0.122. The number of likely N-dealkylation sites (tertiary alicyclic amines) is 1. The van der Waals surface area contributed by atoms with Crippen molar-refractivity contribution >= 4 is 5.91 Å². The summed E-state index contributed by atoms with van der Waals surface area (Å²) >= 11 is 0. The van der Waals surface area contributed by atoms with E-state index in [0.29, 0.717) is 13.0 Å². The van der Waals surface area contributed by atoms with Crippen LogP contribution in [-0.2, 0) is 17.9 Å². The van der Waals surface area contributed by atoms with Gasteiger partial charge < -0.3 is 9.88 Å². The quantitative estimate of drug-likeness (QED) is 0.888. The molecule has 1 aliphatic heterocycles. The van der Waals surface area contributed by atoms with Crippen LogP contribution in [0.1, 0.15) is 24.8 Å². The maximum Gasteiger partial charge on any atom is 0.222 e. The van der Waals surface area contributed by atoms with Gasteiger partial charge in [-0.2, -0.15) is 0 Å². The van der Waals surface area contributed by atoms with Crippen LogP contribution in [0.25, 0.3) is 0 Å². The van der Waals surface area contributed by atoms with Gasteiger partial charge in [-0.15, -0.1) is 0 Å². The zero-order valence-electron chi connectivity index (χ0n) is 13.4.